The molecule has 0 aromatic carbocycles. The molecule has 2 unspecified atom stereocenters. The molecule has 7 atom stereocenters. The van der Waals surface area contributed by atoms with Crippen LogP contribution in [-0.4, -0.2) is 11.2 Å². The molecule has 4 aliphatic carbocycles. The van der Waals surface area contributed by atoms with Crippen LogP contribution in [0.5, 0.6) is 0 Å². The largest absolute Gasteiger partial charge is 0.393 e. The van der Waals surface area contributed by atoms with Crippen LogP contribution >= 0.6 is 0 Å². The van der Waals surface area contributed by atoms with E-state index in [2.05, 4.69) is 60.6 Å². The van der Waals surface area contributed by atoms with Gasteiger partial charge in [-0.3, -0.25) is 0 Å². The summed E-state index contributed by atoms with van der Waals surface area (Å²) in [5, 5.41) is 10.9. The average molecular weight is 439 g/mol. The highest BCUT2D eigenvalue weighted by Crippen LogP contribution is 2.65. The summed E-state index contributed by atoms with van der Waals surface area (Å²) in [5.41, 5.74) is 7.51. The quantitative estimate of drug-likeness (QED) is 0.411. The van der Waals surface area contributed by atoms with Crippen molar-refractivity contribution in [2.45, 2.75) is 119 Å². The van der Waals surface area contributed by atoms with Crippen LogP contribution in [0.1, 0.15) is 113 Å². The molecular formula is C31H50O. The Kier molecular flexibility index (Phi) is 6.90. The number of aliphatic hydroxyl groups is 1. The van der Waals surface area contributed by atoms with Crippen molar-refractivity contribution in [3.05, 3.63) is 34.4 Å². The van der Waals surface area contributed by atoms with Crippen molar-refractivity contribution in [1.82, 2.24) is 0 Å². The van der Waals surface area contributed by atoms with Crippen molar-refractivity contribution in [2.75, 3.05) is 0 Å². The van der Waals surface area contributed by atoms with Gasteiger partial charge in [0.15, 0.2) is 0 Å². The molecule has 0 aliphatic heterocycles. The van der Waals surface area contributed by atoms with Gasteiger partial charge in [-0.2, -0.15) is 0 Å². The lowest BCUT2D eigenvalue weighted by Crippen LogP contribution is -2.49. The Bertz CT molecular complexity index is 793. The molecule has 1 nitrogen and oxygen atoms in total. The third-order valence-electron chi connectivity index (χ3n) is 10.4. The minimum absolute atomic E-state index is 0.0804. The highest BCUT2D eigenvalue weighted by atomic mass is 16.3. The van der Waals surface area contributed by atoms with E-state index in [0.29, 0.717) is 28.6 Å². The number of allylic oxidation sites excluding steroid dienone is 6. The van der Waals surface area contributed by atoms with E-state index >= 15 is 0 Å². The van der Waals surface area contributed by atoms with Crippen LogP contribution in [0.25, 0.3) is 0 Å². The maximum atomic E-state index is 10.9. The lowest BCUT2D eigenvalue weighted by molar-refractivity contribution is -0.0453. The first-order chi connectivity index (χ1) is 15.1. The van der Waals surface area contributed by atoms with E-state index in [0.717, 1.165) is 18.3 Å². The van der Waals surface area contributed by atoms with Crippen molar-refractivity contribution in [2.24, 2.45) is 40.4 Å². The maximum absolute atomic E-state index is 10.9. The van der Waals surface area contributed by atoms with Gasteiger partial charge >= 0.3 is 0 Å². The second-order valence-corrected chi connectivity index (χ2v) is 13.1. The van der Waals surface area contributed by atoms with Gasteiger partial charge in [-0.05, 0) is 130 Å². The Balaban J connectivity index is 1.58. The van der Waals surface area contributed by atoms with Gasteiger partial charge in [-0.25, -0.2) is 0 Å². The number of hydrogen-bond acceptors (Lipinski definition) is 1. The van der Waals surface area contributed by atoms with E-state index in [-0.39, 0.29) is 6.10 Å². The Morgan fingerprint density at radius 3 is 2.53 bits per heavy atom. The zero-order valence-electron chi connectivity index (χ0n) is 22.1. The fourth-order valence-electron chi connectivity index (χ4n) is 8.70. The first-order valence-corrected chi connectivity index (χ1v) is 13.8. The molecule has 4 rings (SSSR count). The molecule has 0 radical (unpaired) electrons. The summed E-state index contributed by atoms with van der Waals surface area (Å²) < 4.78 is 0. The molecule has 0 spiro atoms. The molecule has 1 heteroatoms. The van der Waals surface area contributed by atoms with Crippen molar-refractivity contribution in [3.8, 4) is 0 Å². The molecule has 0 heterocycles. The number of fused-ring (bicyclic) bond motifs is 4. The average Bonchev–Trinajstić information content (AvgIpc) is 3.07. The van der Waals surface area contributed by atoms with E-state index < -0.39 is 0 Å². The fourth-order valence-corrected chi connectivity index (χ4v) is 8.70. The van der Waals surface area contributed by atoms with Gasteiger partial charge in [0.1, 0.15) is 0 Å². The Morgan fingerprint density at radius 2 is 1.84 bits per heavy atom. The van der Waals surface area contributed by atoms with E-state index in [1.165, 1.54) is 63.4 Å². The highest BCUT2D eigenvalue weighted by Gasteiger charge is 2.55. The number of hydrogen-bond donors (Lipinski definition) is 1. The third-order valence-corrected chi connectivity index (χ3v) is 10.4. The minimum Gasteiger partial charge on any atom is -0.393 e. The fraction of sp³-hybridized carbons (Fsp3) is 0.806. The van der Waals surface area contributed by atoms with E-state index in [4.69, 9.17) is 0 Å². The molecule has 0 saturated heterocycles. The molecule has 180 valence electrons. The van der Waals surface area contributed by atoms with Crippen LogP contribution in [0.4, 0.5) is 0 Å². The molecular weight excluding hydrogens is 388 g/mol. The zero-order chi connectivity index (χ0) is 23.3. The van der Waals surface area contributed by atoms with Gasteiger partial charge in [0, 0.05) is 0 Å². The van der Waals surface area contributed by atoms with Gasteiger partial charge < -0.3 is 5.11 Å². The molecule has 1 saturated carbocycles. The second-order valence-electron chi connectivity index (χ2n) is 13.1. The first kappa shape index (κ1) is 24.3. The predicted octanol–water partition coefficient (Wildman–Crippen LogP) is 8.65. The lowest BCUT2D eigenvalue weighted by atomic mass is 9.49. The molecule has 1 fully saturated rings. The van der Waals surface area contributed by atoms with Crippen LogP contribution in [0, 0.1) is 40.4 Å². The number of aliphatic hydroxyl groups excluding tert-OH is 1. The van der Waals surface area contributed by atoms with Crippen molar-refractivity contribution < 1.29 is 5.11 Å². The number of rotatable bonds is 6. The summed E-state index contributed by atoms with van der Waals surface area (Å²) in [6.45, 7) is 16.8. The monoisotopic (exact) mass is 438 g/mol. The minimum atomic E-state index is -0.0804. The van der Waals surface area contributed by atoms with E-state index in [9.17, 15) is 5.11 Å². The van der Waals surface area contributed by atoms with E-state index in [1.54, 1.807) is 11.1 Å². The van der Waals surface area contributed by atoms with Crippen LogP contribution in [0.2, 0.25) is 0 Å². The molecule has 0 aromatic rings. The Hall–Kier alpha value is -0.820. The Morgan fingerprint density at radius 1 is 1.09 bits per heavy atom. The Labute approximate surface area is 198 Å². The van der Waals surface area contributed by atoms with Crippen molar-refractivity contribution >= 4 is 0 Å². The highest BCUT2D eigenvalue weighted by molar-refractivity contribution is 5.49. The molecule has 0 amide bonds. The molecule has 32 heavy (non-hydrogen) atoms. The van der Waals surface area contributed by atoms with Gasteiger partial charge in [0.2, 0.25) is 0 Å². The van der Waals surface area contributed by atoms with Crippen LogP contribution in [0.3, 0.4) is 0 Å². The summed E-state index contributed by atoms with van der Waals surface area (Å²) in [5.74, 6) is 3.45. The van der Waals surface area contributed by atoms with Crippen LogP contribution in [0.15, 0.2) is 34.4 Å². The summed E-state index contributed by atoms with van der Waals surface area (Å²) >= 11 is 0. The molecule has 0 bridgehead atoms. The van der Waals surface area contributed by atoms with Gasteiger partial charge in [0.05, 0.1) is 6.10 Å². The summed E-state index contributed by atoms with van der Waals surface area (Å²) in [6.07, 6.45) is 17.4. The topological polar surface area (TPSA) is 20.2 Å². The van der Waals surface area contributed by atoms with Gasteiger partial charge in [0.25, 0.3) is 0 Å². The van der Waals surface area contributed by atoms with E-state index in [1.807, 2.05) is 5.57 Å². The first-order valence-electron chi connectivity index (χ1n) is 13.8. The summed E-state index contributed by atoms with van der Waals surface area (Å²) in [7, 11) is 0. The van der Waals surface area contributed by atoms with Crippen molar-refractivity contribution in [3.63, 3.8) is 0 Å². The smallest absolute Gasteiger partial charge is 0.0571 e. The van der Waals surface area contributed by atoms with Crippen LogP contribution < -0.4 is 0 Å². The predicted molar refractivity (Wildman–Crippen MR) is 137 cm³/mol. The van der Waals surface area contributed by atoms with Gasteiger partial charge in [-0.1, -0.05) is 57.9 Å². The molecule has 1 N–H and O–H groups in total. The van der Waals surface area contributed by atoms with Crippen molar-refractivity contribution in [1.29, 1.82) is 0 Å². The van der Waals surface area contributed by atoms with Gasteiger partial charge in [-0.15, -0.1) is 0 Å². The SMILES string of the molecule is CC(C)=CCC[C@@H](C)[C@H]1CC=C2C3=C(CC[C@@]21C)[C@@]1(C)CC[C@H](O)C(CC(C)C)C1CC3. The summed E-state index contributed by atoms with van der Waals surface area (Å²) in [4.78, 5) is 0. The normalized spacial score (nSPS) is 39.8. The maximum Gasteiger partial charge on any atom is 0.0571 e. The second kappa shape index (κ2) is 9.09. The molecule has 4 aliphatic rings. The lowest BCUT2D eigenvalue weighted by Gasteiger charge is -2.56. The molecule has 0 aromatic heterocycles. The van der Waals surface area contributed by atoms with Crippen LogP contribution in [-0.2, 0) is 0 Å². The third kappa shape index (κ3) is 4.10. The standard InChI is InChI=1S/C31H50O/c1-20(2)9-8-10-22(5)25-13-14-26-23-11-12-27-24(19-21(3)4)29(32)16-18-31(27,7)28(23)15-17-30(25,26)6/h9,14,21-22,24-25,27,29,32H,8,10-13,15-19H2,1-7H3/t22-,24?,25-,27?,29+,30-,31+/m1/s1. The summed E-state index contributed by atoms with van der Waals surface area (Å²) in [6, 6.07) is 0. The zero-order valence-corrected chi connectivity index (χ0v) is 22.1.